The van der Waals surface area contributed by atoms with Crippen LogP contribution in [-0.2, 0) is 31.0 Å². The van der Waals surface area contributed by atoms with Gasteiger partial charge < -0.3 is 10.1 Å². The summed E-state index contributed by atoms with van der Waals surface area (Å²) in [6, 6.07) is 6.98. The van der Waals surface area contributed by atoms with Crippen molar-refractivity contribution in [1.82, 2.24) is 15.5 Å². The van der Waals surface area contributed by atoms with Gasteiger partial charge in [-0.1, -0.05) is 0 Å². The molecule has 0 spiro atoms. The number of aromatic amines is 1. The maximum atomic E-state index is 13.3. The van der Waals surface area contributed by atoms with Crippen LogP contribution in [0.3, 0.4) is 0 Å². The highest BCUT2D eigenvalue weighted by Gasteiger charge is 2.24. The van der Waals surface area contributed by atoms with Crippen molar-refractivity contribution >= 4 is 37.1 Å². The number of benzene rings is 1. The first kappa shape index (κ1) is 24.0. The fourth-order valence-electron chi connectivity index (χ4n) is 2.70. The van der Waals surface area contributed by atoms with E-state index < -0.39 is 31.4 Å². The molecule has 0 saturated carbocycles. The molecule has 12 heteroatoms. The van der Waals surface area contributed by atoms with Gasteiger partial charge >= 0.3 is 6.09 Å². The summed E-state index contributed by atoms with van der Waals surface area (Å²) < 4.78 is 56.0. The van der Waals surface area contributed by atoms with Crippen LogP contribution in [0.5, 0.6) is 0 Å². The number of ether oxygens (including phenoxy) is 1. The highest BCUT2D eigenvalue weighted by atomic mass is 32.2. The monoisotopic (exact) mass is 497 g/mol. The Kier molecular flexibility index (Phi) is 6.50. The van der Waals surface area contributed by atoms with Crippen LogP contribution in [0.1, 0.15) is 25.6 Å². The molecule has 3 rings (SSSR count). The molecule has 0 aliphatic carbocycles. The largest absolute Gasteiger partial charge is 0.444 e. The number of sulfone groups is 2. The number of thiophene rings is 1. The summed E-state index contributed by atoms with van der Waals surface area (Å²) in [5.74, 6) is 0. The van der Waals surface area contributed by atoms with Crippen LogP contribution in [0, 0.1) is 0 Å². The zero-order valence-corrected chi connectivity index (χ0v) is 20.3. The quantitative estimate of drug-likeness (QED) is 0.533. The summed E-state index contributed by atoms with van der Waals surface area (Å²) in [4.78, 5) is 12.2. The lowest BCUT2D eigenvalue weighted by molar-refractivity contribution is 0.0524. The smallest absolute Gasteiger partial charge is 0.407 e. The average Bonchev–Trinajstić information content (AvgIpc) is 3.36. The number of rotatable bonds is 6. The van der Waals surface area contributed by atoms with E-state index in [4.69, 9.17) is 4.74 Å². The lowest BCUT2D eigenvalue weighted by Crippen LogP contribution is -2.31. The normalized spacial score (nSPS) is 12.5. The second kappa shape index (κ2) is 8.68. The SMILES string of the molecule is CC(C)(C)OC(=O)NCc1ccc(S(=O)(=O)c2cc(-c3cn[nH]c3)cc(S(C)(=O)=O)c2)s1. The predicted octanol–water partition coefficient (Wildman–Crippen LogP) is 3.40. The Hall–Kier alpha value is -2.70. The molecule has 1 amide bonds. The minimum Gasteiger partial charge on any atom is -0.444 e. The molecule has 0 aliphatic rings. The summed E-state index contributed by atoms with van der Waals surface area (Å²) in [6.45, 7) is 5.32. The van der Waals surface area contributed by atoms with Crippen LogP contribution in [0.4, 0.5) is 4.79 Å². The highest BCUT2D eigenvalue weighted by Crippen LogP contribution is 2.32. The van der Waals surface area contributed by atoms with Crippen LogP contribution < -0.4 is 5.32 Å². The van der Waals surface area contributed by atoms with Gasteiger partial charge in [-0.25, -0.2) is 21.6 Å². The standard InChI is InChI=1S/C20H23N3O6S3/c1-20(2,3)29-19(24)21-12-15-5-6-18(30-15)32(27,28)17-8-13(14-10-22-23-11-14)7-16(9-17)31(4,25)26/h5-11H,12H2,1-4H3,(H,21,24)(H,22,23). The van der Waals surface area contributed by atoms with Gasteiger partial charge in [-0.3, -0.25) is 5.10 Å². The molecule has 0 atom stereocenters. The Morgan fingerprint density at radius 3 is 2.38 bits per heavy atom. The number of carbonyl (C=O) groups excluding carboxylic acids is 1. The van der Waals surface area contributed by atoms with E-state index in [1.165, 1.54) is 24.4 Å². The first-order chi connectivity index (χ1) is 14.8. The molecule has 2 aromatic heterocycles. The van der Waals surface area contributed by atoms with Gasteiger partial charge in [0.1, 0.15) is 9.81 Å². The molecule has 172 valence electrons. The average molecular weight is 498 g/mol. The van der Waals surface area contributed by atoms with Crippen LogP contribution in [0.15, 0.2) is 56.7 Å². The number of aromatic nitrogens is 2. The van der Waals surface area contributed by atoms with Crippen molar-refractivity contribution in [2.75, 3.05) is 6.26 Å². The van der Waals surface area contributed by atoms with Gasteiger partial charge in [-0.2, -0.15) is 5.10 Å². The Morgan fingerprint density at radius 2 is 1.78 bits per heavy atom. The van der Waals surface area contributed by atoms with Crippen molar-refractivity contribution in [2.24, 2.45) is 0 Å². The molecule has 1 aromatic carbocycles. The lowest BCUT2D eigenvalue weighted by Gasteiger charge is -2.19. The number of hydrogen-bond donors (Lipinski definition) is 2. The minimum absolute atomic E-state index is 0.0299. The molecule has 3 aromatic rings. The number of H-pyrrole nitrogens is 1. The van der Waals surface area contributed by atoms with E-state index in [0.717, 1.165) is 23.7 Å². The van der Waals surface area contributed by atoms with Gasteiger partial charge in [0, 0.05) is 22.9 Å². The second-order valence-corrected chi connectivity index (χ2v) is 13.4. The Morgan fingerprint density at radius 1 is 1.09 bits per heavy atom. The number of hydrogen-bond acceptors (Lipinski definition) is 8. The van der Waals surface area contributed by atoms with Gasteiger partial charge in [0.25, 0.3) is 0 Å². The number of alkyl carbamates (subject to hydrolysis) is 1. The molecular weight excluding hydrogens is 474 g/mol. The summed E-state index contributed by atoms with van der Waals surface area (Å²) >= 11 is 0.985. The van der Waals surface area contributed by atoms with Gasteiger partial charge in [-0.05, 0) is 56.7 Å². The molecule has 0 fully saturated rings. The molecule has 32 heavy (non-hydrogen) atoms. The fraction of sp³-hybridized carbons (Fsp3) is 0.300. The Bertz CT molecular complexity index is 1340. The van der Waals surface area contributed by atoms with E-state index >= 15 is 0 Å². The summed E-state index contributed by atoms with van der Waals surface area (Å²) in [5.41, 5.74) is 0.315. The van der Waals surface area contributed by atoms with Gasteiger partial charge in [-0.15, -0.1) is 11.3 Å². The first-order valence-corrected chi connectivity index (χ1v) is 13.6. The third-order valence-corrected chi connectivity index (χ3v) is 8.56. The fourth-order valence-corrected chi connectivity index (χ4v) is 6.23. The topological polar surface area (TPSA) is 135 Å². The molecule has 0 bridgehead atoms. The molecule has 0 radical (unpaired) electrons. The van der Waals surface area contributed by atoms with E-state index in [2.05, 4.69) is 15.5 Å². The van der Waals surface area contributed by atoms with E-state index in [9.17, 15) is 21.6 Å². The zero-order valence-electron chi connectivity index (χ0n) is 17.9. The molecule has 2 N–H and O–H groups in total. The third kappa shape index (κ3) is 5.75. The molecule has 2 heterocycles. The Labute approximate surface area is 190 Å². The van der Waals surface area contributed by atoms with Crippen LogP contribution in [0.2, 0.25) is 0 Å². The van der Waals surface area contributed by atoms with Gasteiger partial charge in [0.2, 0.25) is 9.84 Å². The van der Waals surface area contributed by atoms with Gasteiger partial charge in [0.15, 0.2) is 9.84 Å². The predicted molar refractivity (Wildman–Crippen MR) is 120 cm³/mol. The van der Waals surface area contributed by atoms with E-state index in [0.29, 0.717) is 16.0 Å². The maximum absolute atomic E-state index is 13.3. The van der Waals surface area contributed by atoms with Gasteiger partial charge in [0.05, 0.1) is 22.5 Å². The van der Waals surface area contributed by atoms with Crippen molar-refractivity contribution < 1.29 is 26.4 Å². The Balaban J connectivity index is 1.92. The zero-order chi connectivity index (χ0) is 23.7. The van der Waals surface area contributed by atoms with E-state index in [1.807, 2.05) is 0 Å². The molecule has 0 unspecified atom stereocenters. The summed E-state index contributed by atoms with van der Waals surface area (Å²) in [5, 5.41) is 9.04. The van der Waals surface area contributed by atoms with Crippen molar-refractivity contribution in [3.8, 4) is 11.1 Å². The van der Waals surface area contributed by atoms with Crippen molar-refractivity contribution in [2.45, 2.75) is 46.9 Å². The number of nitrogens with zero attached hydrogens (tertiary/aromatic N) is 1. The number of amides is 1. The molecule has 0 saturated heterocycles. The summed E-state index contributed by atoms with van der Waals surface area (Å²) in [6.07, 6.45) is 3.43. The number of nitrogens with one attached hydrogen (secondary N) is 2. The van der Waals surface area contributed by atoms with E-state index in [1.54, 1.807) is 33.0 Å². The molecule has 0 aliphatic heterocycles. The first-order valence-electron chi connectivity index (χ1n) is 9.41. The van der Waals surface area contributed by atoms with Crippen LogP contribution >= 0.6 is 11.3 Å². The molecule has 9 nitrogen and oxygen atoms in total. The second-order valence-electron chi connectivity index (χ2n) is 8.03. The van der Waals surface area contributed by atoms with Crippen molar-refractivity contribution in [3.05, 3.63) is 47.6 Å². The lowest BCUT2D eigenvalue weighted by atomic mass is 10.1. The van der Waals surface area contributed by atoms with Crippen molar-refractivity contribution in [1.29, 1.82) is 0 Å². The van der Waals surface area contributed by atoms with Crippen LogP contribution in [-0.4, -0.2) is 45.0 Å². The van der Waals surface area contributed by atoms with Crippen LogP contribution in [0.25, 0.3) is 11.1 Å². The summed E-state index contributed by atoms with van der Waals surface area (Å²) in [7, 11) is -7.66. The van der Waals surface area contributed by atoms with E-state index in [-0.39, 0.29) is 20.5 Å². The maximum Gasteiger partial charge on any atom is 0.407 e. The third-order valence-electron chi connectivity index (χ3n) is 4.16. The van der Waals surface area contributed by atoms with Crippen molar-refractivity contribution in [3.63, 3.8) is 0 Å². The number of carbonyl (C=O) groups is 1. The highest BCUT2D eigenvalue weighted by molar-refractivity contribution is 7.93. The molecular formula is C20H23N3O6S3. The minimum atomic E-state index is -4.00.